The van der Waals surface area contributed by atoms with E-state index < -0.39 is 15.8 Å². The van der Waals surface area contributed by atoms with Crippen LogP contribution in [0.3, 0.4) is 0 Å². The summed E-state index contributed by atoms with van der Waals surface area (Å²) in [4.78, 5) is 11.3. The molecule has 3 aromatic carbocycles. The third-order valence-electron chi connectivity index (χ3n) is 5.91. The molecule has 7 nitrogen and oxygen atoms in total. The lowest BCUT2D eigenvalue weighted by Gasteiger charge is -2.11. The van der Waals surface area contributed by atoms with Gasteiger partial charge >= 0.3 is 5.97 Å². The Morgan fingerprint density at radius 1 is 1.05 bits per heavy atom. The smallest absolute Gasteiger partial charge is 0.335 e. The molecular weight excluding hydrogens is 561 g/mol. The van der Waals surface area contributed by atoms with Crippen LogP contribution in [-0.4, -0.2) is 30.9 Å². The number of carbonyl (C=O) groups is 1. The van der Waals surface area contributed by atoms with Crippen LogP contribution < -0.4 is 4.74 Å². The lowest BCUT2D eigenvalue weighted by Crippen LogP contribution is -2.02. The van der Waals surface area contributed by atoms with E-state index in [9.17, 15) is 18.3 Å². The van der Waals surface area contributed by atoms with Crippen LogP contribution in [0.25, 0.3) is 23.4 Å². The highest BCUT2D eigenvalue weighted by Gasteiger charge is 2.23. The van der Waals surface area contributed by atoms with Crippen molar-refractivity contribution < 1.29 is 27.6 Å². The van der Waals surface area contributed by atoms with Gasteiger partial charge in [0.15, 0.2) is 9.84 Å². The normalized spacial score (nSPS) is 11.8. The molecule has 202 valence electrons. The summed E-state index contributed by atoms with van der Waals surface area (Å²) in [5.74, 6) is 0.164. The van der Waals surface area contributed by atoms with E-state index in [0.717, 1.165) is 17.4 Å². The number of aromatic carboxylic acids is 1. The first-order chi connectivity index (χ1) is 18.4. The Kier molecular flexibility index (Phi) is 8.49. The second kappa shape index (κ2) is 11.7. The number of sulfone groups is 1. The third-order valence-corrected chi connectivity index (χ3v) is 7.66. The van der Waals surface area contributed by atoms with Crippen LogP contribution in [0.4, 0.5) is 0 Å². The van der Waals surface area contributed by atoms with E-state index in [1.165, 1.54) is 18.2 Å². The van der Waals surface area contributed by atoms with Crippen LogP contribution in [0.1, 0.15) is 52.6 Å². The van der Waals surface area contributed by atoms with Gasteiger partial charge < -0.3 is 14.4 Å². The molecule has 1 aromatic heterocycles. The Balaban J connectivity index is 1.56. The molecule has 0 fully saturated rings. The molecule has 0 aliphatic rings. The highest BCUT2D eigenvalue weighted by Crippen LogP contribution is 2.36. The minimum Gasteiger partial charge on any atom is -0.489 e. The number of nitrogens with zero attached hydrogens (tertiary/aromatic N) is 1. The summed E-state index contributed by atoms with van der Waals surface area (Å²) in [6.45, 7) is 4.04. The fourth-order valence-corrected chi connectivity index (χ4v) is 5.11. The minimum absolute atomic E-state index is 0.00893. The van der Waals surface area contributed by atoms with Gasteiger partial charge in [-0.1, -0.05) is 66.5 Å². The van der Waals surface area contributed by atoms with Gasteiger partial charge in [0.2, 0.25) is 0 Å². The van der Waals surface area contributed by atoms with Crippen LogP contribution in [-0.2, 0) is 16.4 Å². The van der Waals surface area contributed by atoms with Crippen molar-refractivity contribution in [1.29, 1.82) is 0 Å². The van der Waals surface area contributed by atoms with Gasteiger partial charge in [0, 0.05) is 17.7 Å². The molecular formula is C29H25Cl2NO6S. The largest absolute Gasteiger partial charge is 0.489 e. The van der Waals surface area contributed by atoms with Crippen LogP contribution in [0, 0.1) is 0 Å². The van der Waals surface area contributed by atoms with Gasteiger partial charge in [-0.15, -0.1) is 0 Å². The first-order valence-electron chi connectivity index (χ1n) is 11.9. The second-order valence-corrected chi connectivity index (χ2v) is 12.0. The zero-order valence-electron chi connectivity index (χ0n) is 21.3. The quantitative estimate of drug-likeness (QED) is 0.201. The third kappa shape index (κ3) is 6.71. The Hall–Kier alpha value is -3.59. The van der Waals surface area contributed by atoms with E-state index in [1.54, 1.807) is 54.6 Å². The Bertz CT molecular complexity index is 1680. The molecule has 0 atom stereocenters. The number of hydrogen-bond acceptors (Lipinski definition) is 6. The lowest BCUT2D eigenvalue weighted by molar-refractivity contribution is 0.0697. The van der Waals surface area contributed by atoms with Gasteiger partial charge in [-0.3, -0.25) is 0 Å². The Morgan fingerprint density at radius 3 is 2.46 bits per heavy atom. The fourth-order valence-electron chi connectivity index (χ4n) is 3.90. The summed E-state index contributed by atoms with van der Waals surface area (Å²) < 4.78 is 35.5. The number of rotatable bonds is 9. The van der Waals surface area contributed by atoms with E-state index in [4.69, 9.17) is 32.5 Å². The first-order valence-corrected chi connectivity index (χ1v) is 14.5. The molecule has 0 spiro atoms. The highest BCUT2D eigenvalue weighted by molar-refractivity contribution is 7.90. The maximum absolute atomic E-state index is 11.9. The van der Waals surface area contributed by atoms with Crippen LogP contribution in [0.2, 0.25) is 10.0 Å². The van der Waals surface area contributed by atoms with Gasteiger partial charge in [-0.05, 0) is 59.7 Å². The Labute approximate surface area is 236 Å². The second-order valence-electron chi connectivity index (χ2n) is 9.18. The molecule has 1 heterocycles. The number of aromatic nitrogens is 1. The maximum atomic E-state index is 11.9. The van der Waals surface area contributed by atoms with Crippen molar-refractivity contribution in [1.82, 2.24) is 5.16 Å². The summed E-state index contributed by atoms with van der Waals surface area (Å²) in [5.41, 5.74) is 3.36. The SMILES string of the molecule is CC(C)c1onc(-c2ccc(S(C)(=O)=O)cc2Cl)c1COc1ccc(/C=C/c2cccc(C(=O)O)c2)c(Cl)c1. The van der Waals surface area contributed by atoms with Gasteiger partial charge in [0.1, 0.15) is 23.8 Å². The monoisotopic (exact) mass is 585 g/mol. The van der Waals surface area contributed by atoms with E-state index in [0.29, 0.717) is 33.4 Å². The maximum Gasteiger partial charge on any atom is 0.335 e. The number of benzene rings is 3. The van der Waals surface area contributed by atoms with E-state index in [1.807, 2.05) is 13.8 Å². The number of carboxylic acid groups (broad SMARTS) is 1. The molecule has 0 bridgehead atoms. The zero-order chi connectivity index (χ0) is 28.3. The van der Waals surface area contributed by atoms with Crippen LogP contribution in [0.15, 0.2) is 70.1 Å². The van der Waals surface area contributed by atoms with Crippen LogP contribution in [0.5, 0.6) is 5.75 Å². The predicted molar refractivity (Wildman–Crippen MR) is 152 cm³/mol. The zero-order valence-corrected chi connectivity index (χ0v) is 23.6. The predicted octanol–water partition coefficient (Wildman–Crippen LogP) is 7.62. The van der Waals surface area contributed by atoms with Crippen molar-refractivity contribution in [2.45, 2.75) is 31.3 Å². The molecule has 0 saturated carbocycles. The number of carboxylic acids is 1. The molecule has 0 unspecified atom stereocenters. The molecule has 1 N–H and O–H groups in total. The van der Waals surface area contributed by atoms with Crippen molar-refractivity contribution in [2.75, 3.05) is 6.26 Å². The van der Waals surface area contributed by atoms with Gasteiger partial charge in [0.05, 0.1) is 26.1 Å². The summed E-state index contributed by atoms with van der Waals surface area (Å²) in [7, 11) is -3.42. The Morgan fingerprint density at radius 2 is 1.82 bits per heavy atom. The summed E-state index contributed by atoms with van der Waals surface area (Å²) in [5, 5.41) is 14.1. The van der Waals surface area contributed by atoms with Crippen molar-refractivity contribution in [3.8, 4) is 17.0 Å². The molecule has 4 aromatic rings. The molecule has 0 saturated heterocycles. The van der Waals surface area contributed by atoms with Crippen molar-refractivity contribution >= 4 is 51.2 Å². The van der Waals surface area contributed by atoms with Crippen molar-refractivity contribution in [3.63, 3.8) is 0 Å². The van der Waals surface area contributed by atoms with Crippen molar-refractivity contribution in [3.05, 3.63) is 98.7 Å². The number of ether oxygens (including phenoxy) is 1. The highest BCUT2D eigenvalue weighted by atomic mass is 35.5. The molecule has 0 amide bonds. The van der Waals surface area contributed by atoms with E-state index in [2.05, 4.69) is 5.16 Å². The molecule has 0 aliphatic carbocycles. The molecule has 4 rings (SSSR count). The molecule has 39 heavy (non-hydrogen) atoms. The summed E-state index contributed by atoms with van der Waals surface area (Å²) in [6, 6.07) is 16.3. The van der Waals surface area contributed by atoms with Gasteiger partial charge in [0.25, 0.3) is 0 Å². The fraction of sp³-hybridized carbons (Fsp3) is 0.172. The average Bonchev–Trinajstić information content (AvgIpc) is 3.30. The van der Waals surface area contributed by atoms with Gasteiger partial charge in [-0.2, -0.15) is 0 Å². The lowest BCUT2D eigenvalue weighted by atomic mass is 10.0. The topological polar surface area (TPSA) is 107 Å². The summed E-state index contributed by atoms with van der Waals surface area (Å²) in [6.07, 6.45) is 4.70. The summed E-state index contributed by atoms with van der Waals surface area (Å²) >= 11 is 12.9. The number of hydrogen-bond donors (Lipinski definition) is 1. The number of halogens is 2. The van der Waals surface area contributed by atoms with Crippen molar-refractivity contribution in [2.24, 2.45) is 0 Å². The van der Waals surface area contributed by atoms with Crippen LogP contribution >= 0.6 is 23.2 Å². The van der Waals surface area contributed by atoms with E-state index >= 15 is 0 Å². The van der Waals surface area contributed by atoms with Gasteiger partial charge in [-0.25, -0.2) is 13.2 Å². The molecule has 10 heteroatoms. The average molecular weight is 586 g/mol. The molecule has 0 aliphatic heterocycles. The molecule has 0 radical (unpaired) electrons. The first kappa shape index (κ1) is 28.4. The standard InChI is InChI=1S/C29H25Cl2NO6S/c1-17(2)28-24(27(32-38-28)23-12-11-22(15-26(23)31)39(3,35)36)16-37-21-10-9-19(25(30)14-21)8-7-18-5-4-6-20(13-18)29(33)34/h4-15,17H,16H2,1-3H3,(H,33,34)/b8-7+. The van der Waals surface area contributed by atoms with E-state index in [-0.39, 0.29) is 28.0 Å². The minimum atomic E-state index is -3.42.